The van der Waals surface area contributed by atoms with Gasteiger partial charge in [0.05, 0.1) is 0 Å². The van der Waals surface area contributed by atoms with Crippen LogP contribution in [0, 0.1) is 0 Å². The van der Waals surface area contributed by atoms with Gasteiger partial charge in [0.2, 0.25) is 0 Å². The molecule has 1 heterocycles. The number of aryl methyl sites for hydroxylation is 1. The molecule has 4 nitrogen and oxygen atoms in total. The molecular formula is C12H21N3OS. The van der Waals surface area contributed by atoms with Crippen molar-refractivity contribution < 1.29 is 0 Å². The van der Waals surface area contributed by atoms with Crippen LogP contribution in [0.1, 0.15) is 26.7 Å². The molecule has 0 fully saturated rings. The summed E-state index contributed by atoms with van der Waals surface area (Å²) >= 11 is 1.81. The topological polar surface area (TPSA) is 46.9 Å². The first-order valence-electron chi connectivity index (χ1n) is 6.00. The molecule has 0 radical (unpaired) electrons. The zero-order valence-corrected chi connectivity index (χ0v) is 11.6. The van der Waals surface area contributed by atoms with Crippen molar-refractivity contribution in [3.63, 3.8) is 0 Å². The van der Waals surface area contributed by atoms with Crippen molar-refractivity contribution in [1.29, 1.82) is 0 Å². The Kier molecular flexibility index (Phi) is 6.11. The summed E-state index contributed by atoms with van der Waals surface area (Å²) < 4.78 is 1.70. The number of hydrogen-bond donors (Lipinski definition) is 1. The predicted molar refractivity (Wildman–Crippen MR) is 74.9 cm³/mol. The molecule has 0 bridgehead atoms. The van der Waals surface area contributed by atoms with E-state index in [4.69, 9.17) is 0 Å². The first kappa shape index (κ1) is 14.1. The second-order valence-corrected chi connectivity index (χ2v) is 5.09. The minimum atomic E-state index is -0.0228. The third kappa shape index (κ3) is 4.42. The molecule has 17 heavy (non-hydrogen) atoms. The molecule has 1 atom stereocenters. The lowest BCUT2D eigenvalue weighted by molar-refractivity contribution is 0.646. The van der Waals surface area contributed by atoms with E-state index in [2.05, 4.69) is 30.4 Å². The quantitative estimate of drug-likeness (QED) is 0.811. The molecular weight excluding hydrogens is 234 g/mol. The summed E-state index contributed by atoms with van der Waals surface area (Å²) in [5.74, 6) is 1.55. The fourth-order valence-electron chi connectivity index (χ4n) is 1.56. The largest absolute Gasteiger partial charge is 0.363 e. The highest BCUT2D eigenvalue weighted by atomic mass is 32.2. The van der Waals surface area contributed by atoms with E-state index in [1.54, 1.807) is 17.0 Å². The molecule has 0 spiro atoms. The van der Waals surface area contributed by atoms with Crippen molar-refractivity contribution in [1.82, 2.24) is 9.55 Å². The van der Waals surface area contributed by atoms with Gasteiger partial charge in [0.25, 0.3) is 5.56 Å². The van der Waals surface area contributed by atoms with Crippen LogP contribution in [0.3, 0.4) is 0 Å². The summed E-state index contributed by atoms with van der Waals surface area (Å²) in [6.45, 7) is 4.88. The first-order valence-corrected chi connectivity index (χ1v) is 7.39. The van der Waals surface area contributed by atoms with Gasteiger partial charge in [-0.3, -0.25) is 4.79 Å². The van der Waals surface area contributed by atoms with E-state index >= 15 is 0 Å². The average Bonchev–Trinajstić information content (AvgIpc) is 2.32. The lowest BCUT2D eigenvalue weighted by Crippen LogP contribution is -2.28. The van der Waals surface area contributed by atoms with Crippen molar-refractivity contribution in [2.75, 3.05) is 17.3 Å². The van der Waals surface area contributed by atoms with Gasteiger partial charge in [0.1, 0.15) is 0 Å². The van der Waals surface area contributed by atoms with E-state index in [-0.39, 0.29) is 11.6 Å². The van der Waals surface area contributed by atoms with Crippen LogP contribution in [-0.2, 0) is 6.54 Å². The maximum atomic E-state index is 12.0. The zero-order valence-electron chi connectivity index (χ0n) is 10.8. The minimum Gasteiger partial charge on any atom is -0.363 e. The summed E-state index contributed by atoms with van der Waals surface area (Å²) in [5, 5.41) is 3.19. The molecule has 0 aliphatic rings. The first-order chi connectivity index (χ1) is 8.19. The second kappa shape index (κ2) is 7.37. The smallest absolute Gasteiger partial charge is 0.293 e. The Balaban J connectivity index is 2.70. The van der Waals surface area contributed by atoms with E-state index < -0.39 is 0 Å². The van der Waals surface area contributed by atoms with Gasteiger partial charge in [-0.25, -0.2) is 4.98 Å². The maximum absolute atomic E-state index is 12.0. The van der Waals surface area contributed by atoms with Crippen molar-refractivity contribution in [2.45, 2.75) is 39.3 Å². The van der Waals surface area contributed by atoms with Crippen molar-refractivity contribution in [3.8, 4) is 0 Å². The molecule has 0 saturated heterocycles. The second-order valence-electron chi connectivity index (χ2n) is 4.10. The highest BCUT2D eigenvalue weighted by Gasteiger charge is 2.07. The van der Waals surface area contributed by atoms with E-state index in [0.29, 0.717) is 5.82 Å². The van der Waals surface area contributed by atoms with Crippen molar-refractivity contribution in [3.05, 3.63) is 22.7 Å². The summed E-state index contributed by atoms with van der Waals surface area (Å²) in [6, 6.07) is 0.278. The van der Waals surface area contributed by atoms with Gasteiger partial charge in [-0.05, 0) is 31.8 Å². The van der Waals surface area contributed by atoms with E-state index in [1.165, 1.54) is 0 Å². The Morgan fingerprint density at radius 3 is 3.00 bits per heavy atom. The molecule has 1 rings (SSSR count). The Hall–Kier alpha value is -0.970. The van der Waals surface area contributed by atoms with Crippen LogP contribution in [0.15, 0.2) is 17.2 Å². The lowest BCUT2D eigenvalue weighted by Gasteiger charge is -2.14. The third-order valence-electron chi connectivity index (χ3n) is 2.52. The molecule has 0 amide bonds. The summed E-state index contributed by atoms with van der Waals surface area (Å²) in [6.07, 6.45) is 7.49. The highest BCUT2D eigenvalue weighted by molar-refractivity contribution is 7.98. The van der Waals surface area contributed by atoms with Gasteiger partial charge >= 0.3 is 0 Å². The number of nitrogens with zero attached hydrogens (tertiary/aromatic N) is 2. The van der Waals surface area contributed by atoms with E-state index in [9.17, 15) is 4.79 Å². The molecule has 0 aliphatic heterocycles. The maximum Gasteiger partial charge on any atom is 0.293 e. The minimum absolute atomic E-state index is 0.0228. The number of nitrogens with one attached hydrogen (secondary N) is 1. The monoisotopic (exact) mass is 255 g/mol. The fourth-order valence-corrected chi connectivity index (χ4v) is 2.15. The lowest BCUT2D eigenvalue weighted by atomic mass is 10.2. The van der Waals surface area contributed by atoms with Crippen LogP contribution < -0.4 is 10.9 Å². The SMILES string of the molecule is CCCn1ccnc(NC(C)CCSC)c1=O. The van der Waals surface area contributed by atoms with Gasteiger partial charge in [0, 0.05) is 25.0 Å². The molecule has 5 heteroatoms. The fraction of sp³-hybridized carbons (Fsp3) is 0.667. The van der Waals surface area contributed by atoms with Gasteiger partial charge in [-0.15, -0.1) is 0 Å². The summed E-state index contributed by atoms with van der Waals surface area (Å²) in [7, 11) is 0. The van der Waals surface area contributed by atoms with E-state index in [0.717, 1.165) is 25.1 Å². The Morgan fingerprint density at radius 1 is 1.59 bits per heavy atom. The van der Waals surface area contributed by atoms with Crippen molar-refractivity contribution in [2.24, 2.45) is 0 Å². The standard InChI is InChI=1S/C12H21N3OS/c1-4-7-15-8-6-13-11(12(15)16)14-10(2)5-9-17-3/h6,8,10H,4-5,7,9H2,1-3H3,(H,13,14). The molecule has 1 unspecified atom stereocenters. The third-order valence-corrected chi connectivity index (χ3v) is 3.16. The molecule has 96 valence electrons. The van der Waals surface area contributed by atoms with Crippen LogP contribution in [0.5, 0.6) is 0 Å². The Labute approximate surface area is 107 Å². The number of anilines is 1. The van der Waals surface area contributed by atoms with Gasteiger partial charge in [-0.2, -0.15) is 11.8 Å². The zero-order chi connectivity index (χ0) is 12.7. The molecule has 1 N–H and O–H groups in total. The van der Waals surface area contributed by atoms with Crippen LogP contribution in [-0.4, -0.2) is 27.6 Å². The molecule has 0 saturated carbocycles. The number of aromatic nitrogens is 2. The predicted octanol–water partition coefficient (Wildman–Crippen LogP) is 2.21. The molecule has 0 aliphatic carbocycles. The molecule has 1 aromatic rings. The van der Waals surface area contributed by atoms with Crippen LogP contribution in [0.2, 0.25) is 0 Å². The van der Waals surface area contributed by atoms with Crippen molar-refractivity contribution >= 4 is 17.6 Å². The average molecular weight is 255 g/mol. The van der Waals surface area contributed by atoms with Gasteiger partial charge in [0.15, 0.2) is 5.82 Å². The van der Waals surface area contributed by atoms with Gasteiger partial charge in [-0.1, -0.05) is 6.92 Å². The normalized spacial score (nSPS) is 12.4. The summed E-state index contributed by atoms with van der Waals surface area (Å²) in [5.41, 5.74) is -0.0228. The van der Waals surface area contributed by atoms with Crippen LogP contribution in [0.25, 0.3) is 0 Å². The number of thioether (sulfide) groups is 1. The highest BCUT2D eigenvalue weighted by Crippen LogP contribution is 2.04. The van der Waals surface area contributed by atoms with Crippen LogP contribution >= 0.6 is 11.8 Å². The Bertz CT molecular complexity index is 392. The van der Waals surface area contributed by atoms with Gasteiger partial charge < -0.3 is 9.88 Å². The van der Waals surface area contributed by atoms with E-state index in [1.807, 2.05) is 11.8 Å². The number of rotatable bonds is 7. The van der Waals surface area contributed by atoms with Crippen LogP contribution in [0.4, 0.5) is 5.82 Å². The molecule has 0 aromatic carbocycles. The summed E-state index contributed by atoms with van der Waals surface area (Å²) in [4.78, 5) is 16.1. The number of hydrogen-bond acceptors (Lipinski definition) is 4. The Morgan fingerprint density at radius 2 is 2.35 bits per heavy atom. The molecule has 1 aromatic heterocycles.